The fourth-order valence-electron chi connectivity index (χ4n) is 2.74. The smallest absolute Gasteiger partial charge is 0.231 e. The molecule has 0 spiro atoms. The first-order valence-corrected chi connectivity index (χ1v) is 6.69. The first-order chi connectivity index (χ1) is 10.8. The van der Waals surface area contributed by atoms with Crippen molar-refractivity contribution in [2.75, 3.05) is 6.79 Å². The molecule has 1 aromatic carbocycles. The van der Waals surface area contributed by atoms with E-state index < -0.39 is 0 Å². The highest BCUT2D eigenvalue weighted by atomic mass is 16.7. The van der Waals surface area contributed by atoms with E-state index in [1.165, 1.54) is 0 Å². The predicted molar refractivity (Wildman–Crippen MR) is 76.1 cm³/mol. The molecule has 22 heavy (non-hydrogen) atoms. The van der Waals surface area contributed by atoms with Gasteiger partial charge in [-0.2, -0.15) is 5.26 Å². The third-order valence-corrected chi connectivity index (χ3v) is 3.73. The van der Waals surface area contributed by atoms with Crippen LogP contribution < -0.4 is 19.9 Å². The van der Waals surface area contributed by atoms with E-state index in [1.54, 1.807) is 18.5 Å². The first-order valence-electron chi connectivity index (χ1n) is 6.69. The van der Waals surface area contributed by atoms with Crippen LogP contribution >= 0.6 is 0 Å². The fraction of sp³-hybridized carbons (Fsp3) is 0.125. The van der Waals surface area contributed by atoms with Gasteiger partial charge in [-0.15, -0.1) is 0 Å². The first kappa shape index (κ1) is 12.5. The lowest BCUT2D eigenvalue weighted by atomic mass is 9.84. The number of nitrogens with two attached hydrogens (primary N) is 1. The number of aromatic nitrogens is 1. The number of nitriles is 1. The number of allylic oxidation sites excluding steroid dienone is 1. The highest BCUT2D eigenvalue weighted by Gasteiger charge is 2.33. The molecule has 4 rings (SSSR count). The lowest BCUT2D eigenvalue weighted by molar-refractivity contribution is 0.174. The molecule has 2 aromatic rings. The van der Waals surface area contributed by atoms with E-state index in [1.807, 2.05) is 18.2 Å². The van der Waals surface area contributed by atoms with Gasteiger partial charge in [-0.1, -0.05) is 6.07 Å². The quantitative estimate of drug-likeness (QED) is 0.865. The summed E-state index contributed by atoms with van der Waals surface area (Å²) in [5, 5.41) is 9.47. The zero-order valence-electron chi connectivity index (χ0n) is 11.4. The van der Waals surface area contributed by atoms with Gasteiger partial charge in [0.05, 0.1) is 5.92 Å². The molecule has 108 valence electrons. The average molecular weight is 293 g/mol. The van der Waals surface area contributed by atoms with E-state index in [4.69, 9.17) is 19.9 Å². The van der Waals surface area contributed by atoms with Crippen molar-refractivity contribution in [3.63, 3.8) is 0 Å². The second kappa shape index (κ2) is 4.67. The third kappa shape index (κ3) is 1.76. The molecule has 3 heterocycles. The summed E-state index contributed by atoms with van der Waals surface area (Å²) in [4.78, 5) is 4.13. The Labute approximate surface area is 126 Å². The summed E-state index contributed by atoms with van der Waals surface area (Å²) in [5.41, 5.74) is 7.95. The number of fused-ring (bicyclic) bond motifs is 2. The minimum atomic E-state index is -0.336. The topological polar surface area (TPSA) is 90.4 Å². The minimum Gasteiger partial charge on any atom is -0.454 e. The minimum absolute atomic E-state index is 0.0997. The normalized spacial score (nSPS) is 18.4. The predicted octanol–water partition coefficient (Wildman–Crippen LogP) is 2.03. The Morgan fingerprint density at radius 2 is 2.05 bits per heavy atom. The van der Waals surface area contributed by atoms with Crippen molar-refractivity contribution in [3.8, 4) is 23.3 Å². The molecule has 1 atom stereocenters. The molecule has 0 saturated heterocycles. The average Bonchev–Trinajstić information content (AvgIpc) is 2.99. The van der Waals surface area contributed by atoms with Crippen molar-refractivity contribution in [2.45, 2.75) is 5.92 Å². The van der Waals surface area contributed by atoms with Crippen molar-refractivity contribution in [3.05, 3.63) is 59.2 Å². The molecule has 6 heteroatoms. The number of hydrogen-bond acceptors (Lipinski definition) is 6. The van der Waals surface area contributed by atoms with Gasteiger partial charge >= 0.3 is 0 Å². The van der Waals surface area contributed by atoms with Crippen LogP contribution in [0.5, 0.6) is 17.2 Å². The van der Waals surface area contributed by atoms with Crippen LogP contribution in [0.25, 0.3) is 0 Å². The summed E-state index contributed by atoms with van der Waals surface area (Å²) in [6.07, 6.45) is 3.40. The van der Waals surface area contributed by atoms with E-state index >= 15 is 0 Å². The van der Waals surface area contributed by atoms with Gasteiger partial charge in [0.15, 0.2) is 11.5 Å². The maximum atomic E-state index is 9.47. The van der Waals surface area contributed by atoms with Crippen LogP contribution in [-0.2, 0) is 0 Å². The largest absolute Gasteiger partial charge is 0.454 e. The molecule has 1 aromatic heterocycles. The summed E-state index contributed by atoms with van der Waals surface area (Å²) in [6, 6.07) is 9.44. The summed E-state index contributed by atoms with van der Waals surface area (Å²) in [5.74, 6) is 1.57. The second-order valence-electron chi connectivity index (χ2n) is 4.95. The van der Waals surface area contributed by atoms with Crippen molar-refractivity contribution < 1.29 is 14.2 Å². The second-order valence-corrected chi connectivity index (χ2v) is 4.95. The van der Waals surface area contributed by atoms with Crippen LogP contribution in [-0.4, -0.2) is 11.8 Å². The molecular weight excluding hydrogens is 282 g/mol. The molecule has 0 aliphatic carbocycles. The molecule has 0 unspecified atom stereocenters. The Kier molecular flexibility index (Phi) is 2.66. The molecule has 0 saturated carbocycles. The van der Waals surface area contributed by atoms with Crippen molar-refractivity contribution in [2.24, 2.45) is 5.73 Å². The zero-order valence-corrected chi connectivity index (χ0v) is 11.4. The Hall–Kier alpha value is -3.20. The number of hydrogen-bond donors (Lipinski definition) is 1. The standard InChI is InChI=1S/C16H11N3O3/c17-6-11-15(9-2-1-3-19-7-9)10-4-13-14(21-8-20-13)5-12(10)22-16(11)18/h1-5,7,15H,8,18H2/t15-/m0/s1. The molecule has 2 N–H and O–H groups in total. The number of pyridine rings is 1. The summed E-state index contributed by atoms with van der Waals surface area (Å²) in [7, 11) is 0. The lowest BCUT2D eigenvalue weighted by Crippen LogP contribution is -2.21. The summed E-state index contributed by atoms with van der Waals surface area (Å²) >= 11 is 0. The number of rotatable bonds is 1. The van der Waals surface area contributed by atoms with E-state index in [-0.39, 0.29) is 18.6 Å². The molecule has 0 bridgehead atoms. The van der Waals surface area contributed by atoms with Crippen LogP contribution in [0.3, 0.4) is 0 Å². The van der Waals surface area contributed by atoms with E-state index in [2.05, 4.69) is 11.1 Å². The molecular formula is C16H11N3O3. The Morgan fingerprint density at radius 3 is 2.77 bits per heavy atom. The van der Waals surface area contributed by atoms with Gasteiger partial charge in [0.2, 0.25) is 12.7 Å². The van der Waals surface area contributed by atoms with Crippen molar-refractivity contribution in [1.82, 2.24) is 4.98 Å². The maximum absolute atomic E-state index is 9.47. The van der Waals surface area contributed by atoms with E-state index in [0.29, 0.717) is 22.8 Å². The van der Waals surface area contributed by atoms with Gasteiger partial charge in [-0.3, -0.25) is 4.98 Å². The molecule has 2 aliphatic rings. The number of benzene rings is 1. The number of ether oxygens (including phenoxy) is 3. The lowest BCUT2D eigenvalue weighted by Gasteiger charge is -2.26. The fourth-order valence-corrected chi connectivity index (χ4v) is 2.74. The number of nitrogens with zero attached hydrogens (tertiary/aromatic N) is 2. The van der Waals surface area contributed by atoms with Gasteiger partial charge in [0.1, 0.15) is 17.4 Å². The Morgan fingerprint density at radius 1 is 1.23 bits per heavy atom. The molecule has 0 amide bonds. The van der Waals surface area contributed by atoms with Crippen LogP contribution in [0.15, 0.2) is 48.1 Å². The monoisotopic (exact) mass is 293 g/mol. The van der Waals surface area contributed by atoms with Crippen LogP contribution in [0.2, 0.25) is 0 Å². The van der Waals surface area contributed by atoms with Crippen molar-refractivity contribution >= 4 is 0 Å². The Bertz CT molecular complexity index is 825. The SMILES string of the molecule is N#CC1=C(N)Oc2cc3c(cc2[C@@H]1c1cccnc1)OCO3. The van der Waals surface area contributed by atoms with Gasteiger partial charge in [0, 0.05) is 24.0 Å². The summed E-state index contributed by atoms with van der Waals surface area (Å²) < 4.78 is 16.4. The Balaban J connectivity index is 1.94. The van der Waals surface area contributed by atoms with Gasteiger partial charge in [-0.25, -0.2) is 0 Å². The summed E-state index contributed by atoms with van der Waals surface area (Å²) in [6.45, 7) is 0.170. The van der Waals surface area contributed by atoms with Crippen molar-refractivity contribution in [1.29, 1.82) is 5.26 Å². The maximum Gasteiger partial charge on any atom is 0.231 e. The van der Waals surface area contributed by atoms with Crippen LogP contribution in [0, 0.1) is 11.3 Å². The van der Waals surface area contributed by atoms with Gasteiger partial charge < -0.3 is 19.9 Å². The highest BCUT2D eigenvalue weighted by molar-refractivity contribution is 5.61. The van der Waals surface area contributed by atoms with Crippen LogP contribution in [0.4, 0.5) is 0 Å². The van der Waals surface area contributed by atoms with E-state index in [0.717, 1.165) is 11.1 Å². The molecule has 2 aliphatic heterocycles. The van der Waals surface area contributed by atoms with Crippen LogP contribution in [0.1, 0.15) is 17.0 Å². The van der Waals surface area contributed by atoms with E-state index in [9.17, 15) is 5.26 Å². The van der Waals surface area contributed by atoms with Gasteiger partial charge in [-0.05, 0) is 17.7 Å². The molecule has 6 nitrogen and oxygen atoms in total. The zero-order chi connectivity index (χ0) is 15.1. The highest BCUT2D eigenvalue weighted by Crippen LogP contribution is 2.47. The molecule has 0 radical (unpaired) electrons. The third-order valence-electron chi connectivity index (χ3n) is 3.73. The van der Waals surface area contributed by atoms with Gasteiger partial charge in [0.25, 0.3) is 0 Å². The molecule has 0 fully saturated rings.